The van der Waals surface area contributed by atoms with E-state index in [9.17, 15) is 4.79 Å². The van der Waals surface area contributed by atoms with Gasteiger partial charge in [0.2, 0.25) is 0 Å². The zero-order valence-electron chi connectivity index (χ0n) is 9.49. The zero-order chi connectivity index (χ0) is 11.9. The largest absolute Gasteiger partial charge is 0.325 e. The third-order valence-corrected chi connectivity index (χ3v) is 3.28. The van der Waals surface area contributed by atoms with Gasteiger partial charge in [0, 0.05) is 11.7 Å². The molecule has 1 aromatic heterocycles. The molecule has 1 aliphatic rings. The number of benzene rings is 1. The monoisotopic (exact) mass is 229 g/mol. The second-order valence-electron chi connectivity index (χ2n) is 4.90. The molecule has 0 unspecified atom stereocenters. The van der Waals surface area contributed by atoms with Crippen LogP contribution in [0.5, 0.6) is 0 Å². The van der Waals surface area contributed by atoms with Crippen LogP contribution in [0.3, 0.4) is 0 Å². The molecule has 0 amide bonds. The van der Waals surface area contributed by atoms with Crippen molar-refractivity contribution in [2.24, 2.45) is 5.73 Å². The van der Waals surface area contributed by atoms with Gasteiger partial charge in [0.15, 0.2) is 0 Å². The summed E-state index contributed by atoms with van der Waals surface area (Å²) in [5.74, 6) is 0. The first-order valence-electron chi connectivity index (χ1n) is 5.81. The maximum Gasteiger partial charge on any atom is 0.323 e. The van der Waals surface area contributed by atoms with Crippen LogP contribution in [-0.2, 0) is 6.42 Å². The van der Waals surface area contributed by atoms with Crippen LogP contribution in [0.4, 0.5) is 0 Å². The fourth-order valence-corrected chi connectivity index (χ4v) is 2.08. The Morgan fingerprint density at radius 1 is 1.35 bits per heavy atom. The summed E-state index contributed by atoms with van der Waals surface area (Å²) in [6, 6.07) is 8.16. The minimum Gasteiger partial charge on any atom is -0.325 e. The minimum absolute atomic E-state index is 0.0180. The number of H-pyrrole nitrogens is 2. The van der Waals surface area contributed by atoms with Gasteiger partial charge < -0.3 is 15.7 Å². The second kappa shape index (κ2) is 3.60. The number of aromatic amines is 2. The van der Waals surface area contributed by atoms with Crippen molar-refractivity contribution in [2.75, 3.05) is 0 Å². The van der Waals surface area contributed by atoms with Crippen LogP contribution in [-0.4, -0.2) is 15.5 Å². The van der Waals surface area contributed by atoms with E-state index in [2.05, 4.69) is 22.1 Å². The molecule has 0 saturated heterocycles. The Bertz CT molecular complexity index is 592. The Morgan fingerprint density at radius 3 is 2.82 bits per heavy atom. The third-order valence-electron chi connectivity index (χ3n) is 3.28. The lowest BCUT2D eigenvalue weighted by molar-refractivity contribution is 0.672. The molecule has 4 N–H and O–H groups in total. The fraction of sp³-hybridized carbons (Fsp3) is 0.308. The summed E-state index contributed by atoms with van der Waals surface area (Å²) in [6.45, 7) is 0. The number of hydrogen-bond acceptors (Lipinski definition) is 2. The number of aromatic nitrogens is 2. The maximum atomic E-state index is 11.1. The molecule has 1 fully saturated rings. The average molecular weight is 229 g/mol. The summed E-state index contributed by atoms with van der Waals surface area (Å²) in [6.07, 6.45) is 4.82. The van der Waals surface area contributed by atoms with Gasteiger partial charge >= 0.3 is 5.69 Å². The smallest absolute Gasteiger partial charge is 0.323 e. The molecule has 1 aromatic carbocycles. The van der Waals surface area contributed by atoms with Crippen molar-refractivity contribution in [3.8, 4) is 11.3 Å². The number of nitrogens with one attached hydrogen (secondary N) is 2. The normalized spacial score (nSPS) is 17.0. The van der Waals surface area contributed by atoms with E-state index in [1.54, 1.807) is 6.20 Å². The average Bonchev–Trinajstić information content (AvgIpc) is 2.87. The summed E-state index contributed by atoms with van der Waals surface area (Å²) in [7, 11) is 0. The Balaban J connectivity index is 1.90. The number of hydrogen-bond donors (Lipinski definition) is 3. The Morgan fingerprint density at radius 2 is 2.18 bits per heavy atom. The molecule has 3 rings (SSSR count). The van der Waals surface area contributed by atoms with E-state index in [1.165, 1.54) is 5.56 Å². The first kappa shape index (κ1) is 10.4. The van der Waals surface area contributed by atoms with E-state index < -0.39 is 0 Å². The predicted molar refractivity (Wildman–Crippen MR) is 66.7 cm³/mol. The number of rotatable bonds is 3. The van der Waals surface area contributed by atoms with Crippen molar-refractivity contribution in [1.29, 1.82) is 0 Å². The Kier molecular flexibility index (Phi) is 2.19. The maximum absolute atomic E-state index is 11.1. The molecule has 0 bridgehead atoms. The van der Waals surface area contributed by atoms with E-state index >= 15 is 0 Å². The highest BCUT2D eigenvalue weighted by atomic mass is 16.1. The molecule has 2 aromatic rings. The van der Waals surface area contributed by atoms with Gasteiger partial charge in [-0.2, -0.15) is 0 Å². The van der Waals surface area contributed by atoms with Crippen LogP contribution in [0.25, 0.3) is 11.3 Å². The van der Waals surface area contributed by atoms with Crippen molar-refractivity contribution < 1.29 is 0 Å². The first-order chi connectivity index (χ1) is 8.15. The van der Waals surface area contributed by atoms with E-state index in [0.29, 0.717) is 0 Å². The molecular formula is C13H15N3O. The Hall–Kier alpha value is -1.81. The van der Waals surface area contributed by atoms with Crippen molar-refractivity contribution >= 4 is 0 Å². The molecule has 88 valence electrons. The van der Waals surface area contributed by atoms with Crippen LogP contribution in [0.2, 0.25) is 0 Å². The molecule has 0 aliphatic heterocycles. The van der Waals surface area contributed by atoms with Gasteiger partial charge in [-0.1, -0.05) is 18.2 Å². The van der Waals surface area contributed by atoms with Crippen molar-refractivity contribution in [3.05, 3.63) is 46.5 Å². The fourth-order valence-electron chi connectivity index (χ4n) is 2.08. The highest BCUT2D eigenvalue weighted by Crippen LogP contribution is 2.36. The topological polar surface area (TPSA) is 74.7 Å². The molecule has 17 heavy (non-hydrogen) atoms. The van der Waals surface area contributed by atoms with Crippen molar-refractivity contribution in [1.82, 2.24) is 9.97 Å². The lowest BCUT2D eigenvalue weighted by atomic mass is 10.0. The van der Waals surface area contributed by atoms with Gasteiger partial charge in [-0.25, -0.2) is 4.79 Å². The van der Waals surface area contributed by atoms with Crippen LogP contribution >= 0.6 is 0 Å². The van der Waals surface area contributed by atoms with Crippen molar-refractivity contribution in [2.45, 2.75) is 24.8 Å². The van der Waals surface area contributed by atoms with Gasteiger partial charge in [-0.3, -0.25) is 0 Å². The summed E-state index contributed by atoms with van der Waals surface area (Å²) in [5, 5.41) is 0. The predicted octanol–water partition coefficient (Wildman–Crippen LogP) is 1.40. The lowest BCUT2D eigenvalue weighted by Gasteiger charge is -2.09. The third kappa shape index (κ3) is 2.17. The lowest BCUT2D eigenvalue weighted by Crippen LogP contribution is -2.24. The summed E-state index contributed by atoms with van der Waals surface area (Å²) >= 11 is 0. The molecule has 0 radical (unpaired) electrons. The molecule has 0 atom stereocenters. The molecule has 1 heterocycles. The van der Waals surface area contributed by atoms with Crippen LogP contribution < -0.4 is 11.4 Å². The number of nitrogens with two attached hydrogens (primary N) is 1. The van der Waals surface area contributed by atoms with Crippen LogP contribution in [0, 0.1) is 0 Å². The zero-order valence-corrected chi connectivity index (χ0v) is 9.49. The molecular weight excluding hydrogens is 214 g/mol. The van der Waals surface area contributed by atoms with E-state index in [0.717, 1.165) is 30.5 Å². The van der Waals surface area contributed by atoms with E-state index in [-0.39, 0.29) is 11.2 Å². The number of imidazole rings is 1. The SMILES string of the molecule is NC1(Cc2cccc(-c3c[nH]c(=O)[nH]3)c2)CC1. The molecule has 1 saturated carbocycles. The summed E-state index contributed by atoms with van der Waals surface area (Å²) in [5.41, 5.74) is 9.01. The quantitative estimate of drug-likeness (QED) is 0.744. The van der Waals surface area contributed by atoms with Gasteiger partial charge in [-0.05, 0) is 36.5 Å². The second-order valence-corrected chi connectivity index (χ2v) is 4.90. The first-order valence-corrected chi connectivity index (χ1v) is 5.81. The minimum atomic E-state index is -0.178. The molecule has 4 heteroatoms. The van der Waals surface area contributed by atoms with Crippen LogP contribution in [0.1, 0.15) is 18.4 Å². The highest BCUT2D eigenvalue weighted by Gasteiger charge is 2.37. The van der Waals surface area contributed by atoms with Gasteiger partial charge in [0.05, 0.1) is 5.69 Å². The van der Waals surface area contributed by atoms with Gasteiger partial charge in [-0.15, -0.1) is 0 Å². The molecule has 4 nitrogen and oxygen atoms in total. The summed E-state index contributed by atoms with van der Waals surface area (Å²) < 4.78 is 0. The highest BCUT2D eigenvalue weighted by molar-refractivity contribution is 5.59. The van der Waals surface area contributed by atoms with Gasteiger partial charge in [0.1, 0.15) is 0 Å². The van der Waals surface area contributed by atoms with Gasteiger partial charge in [0.25, 0.3) is 0 Å². The van der Waals surface area contributed by atoms with E-state index in [4.69, 9.17) is 5.73 Å². The summed E-state index contributed by atoms with van der Waals surface area (Å²) in [4.78, 5) is 16.4. The Labute approximate surface area is 98.9 Å². The van der Waals surface area contributed by atoms with E-state index in [1.807, 2.05) is 12.1 Å². The molecule has 1 aliphatic carbocycles. The standard InChI is InChI=1S/C13H15N3O/c14-13(4-5-13)7-9-2-1-3-10(6-9)11-8-15-12(17)16-11/h1-3,6,8H,4-5,7,14H2,(H2,15,16,17). The van der Waals surface area contributed by atoms with Crippen molar-refractivity contribution in [3.63, 3.8) is 0 Å². The van der Waals surface area contributed by atoms with Crippen LogP contribution in [0.15, 0.2) is 35.3 Å². The molecule has 0 spiro atoms.